The van der Waals surface area contributed by atoms with Gasteiger partial charge in [-0.15, -0.1) is 0 Å². The zero-order valence-corrected chi connectivity index (χ0v) is 10.2. The van der Waals surface area contributed by atoms with Gasteiger partial charge < -0.3 is 11.1 Å². The molecule has 1 aromatic carbocycles. The van der Waals surface area contributed by atoms with Gasteiger partial charge in [0.05, 0.1) is 5.56 Å². The summed E-state index contributed by atoms with van der Waals surface area (Å²) in [5.74, 6) is -2.55. The zero-order chi connectivity index (χ0) is 13.7. The number of carbonyl (C=O) groups excluding carboxylic acids is 3. The van der Waals surface area contributed by atoms with E-state index in [1.54, 1.807) is 26.0 Å². The molecule has 0 aromatic heterocycles. The molecule has 0 saturated carbocycles. The second-order valence-electron chi connectivity index (χ2n) is 4.00. The molecule has 18 heavy (non-hydrogen) atoms. The number of rotatable bonds is 2. The highest BCUT2D eigenvalue weighted by atomic mass is 16.2. The van der Waals surface area contributed by atoms with Crippen molar-refractivity contribution in [3.05, 3.63) is 29.8 Å². The molecule has 0 spiro atoms. The molecule has 0 atom stereocenters. The van der Waals surface area contributed by atoms with Crippen LogP contribution >= 0.6 is 0 Å². The number of hydrogen-bond acceptors (Lipinski definition) is 4. The molecule has 0 heterocycles. The first-order valence-electron chi connectivity index (χ1n) is 5.42. The molecule has 0 aliphatic carbocycles. The summed E-state index contributed by atoms with van der Waals surface area (Å²) in [6, 6.07) is 6.11. The van der Waals surface area contributed by atoms with Crippen LogP contribution in [0.4, 0.5) is 5.69 Å². The molecule has 0 unspecified atom stereocenters. The lowest BCUT2D eigenvalue weighted by Gasteiger charge is -2.08. The summed E-state index contributed by atoms with van der Waals surface area (Å²) in [6.07, 6.45) is 0. The van der Waals surface area contributed by atoms with Gasteiger partial charge in [0.25, 0.3) is 5.91 Å². The summed E-state index contributed by atoms with van der Waals surface area (Å²) in [7, 11) is 0. The number of imide groups is 1. The Bertz CT molecular complexity index is 483. The standard InChI is InChI=1S/C12H15N3O3/c1-7(2)14-11(17)12(18)15-10(16)8-5-3-4-6-9(8)13/h3-7H,13H2,1-2H3,(H,14,17)(H,15,16,18). The van der Waals surface area contributed by atoms with Gasteiger partial charge in [-0.3, -0.25) is 19.7 Å². The third kappa shape index (κ3) is 3.58. The molecule has 6 nitrogen and oxygen atoms in total. The van der Waals surface area contributed by atoms with E-state index in [9.17, 15) is 14.4 Å². The van der Waals surface area contributed by atoms with Gasteiger partial charge in [0, 0.05) is 11.7 Å². The fourth-order valence-electron chi connectivity index (χ4n) is 1.26. The number of carbonyl (C=O) groups is 3. The van der Waals surface area contributed by atoms with Crippen LogP contribution in [0.2, 0.25) is 0 Å². The molecule has 3 amide bonds. The number of benzene rings is 1. The van der Waals surface area contributed by atoms with E-state index in [0.29, 0.717) is 0 Å². The zero-order valence-electron chi connectivity index (χ0n) is 10.2. The van der Waals surface area contributed by atoms with Crippen molar-refractivity contribution < 1.29 is 14.4 Å². The first-order chi connectivity index (χ1) is 8.41. The van der Waals surface area contributed by atoms with E-state index in [1.807, 2.05) is 5.32 Å². The van der Waals surface area contributed by atoms with Crippen LogP contribution in [0, 0.1) is 0 Å². The predicted octanol–water partition coefficient (Wildman–Crippen LogP) is 0.0498. The third-order valence-corrected chi connectivity index (χ3v) is 2.06. The first kappa shape index (κ1) is 13.7. The van der Waals surface area contributed by atoms with E-state index in [0.717, 1.165) is 0 Å². The molecule has 0 saturated heterocycles. The molecule has 1 rings (SSSR count). The SMILES string of the molecule is CC(C)NC(=O)C(=O)NC(=O)c1ccccc1N. The molecular weight excluding hydrogens is 234 g/mol. The van der Waals surface area contributed by atoms with Crippen LogP contribution in [0.3, 0.4) is 0 Å². The van der Waals surface area contributed by atoms with E-state index < -0.39 is 17.7 Å². The molecule has 6 heteroatoms. The molecule has 1 aromatic rings. The van der Waals surface area contributed by atoms with Crippen molar-refractivity contribution in [1.82, 2.24) is 10.6 Å². The number of nitrogens with two attached hydrogens (primary N) is 1. The lowest BCUT2D eigenvalue weighted by molar-refractivity contribution is -0.138. The Labute approximate surface area is 105 Å². The number of para-hydroxylation sites is 1. The number of nitrogen functional groups attached to an aromatic ring is 1. The van der Waals surface area contributed by atoms with Gasteiger partial charge in [-0.2, -0.15) is 0 Å². The van der Waals surface area contributed by atoms with Crippen molar-refractivity contribution >= 4 is 23.4 Å². The second-order valence-corrected chi connectivity index (χ2v) is 4.00. The predicted molar refractivity (Wildman–Crippen MR) is 66.6 cm³/mol. The second kappa shape index (κ2) is 5.81. The molecule has 0 radical (unpaired) electrons. The van der Waals surface area contributed by atoms with Gasteiger partial charge in [0.1, 0.15) is 0 Å². The van der Waals surface area contributed by atoms with Gasteiger partial charge in [-0.25, -0.2) is 0 Å². The molecule has 0 aliphatic heterocycles. The Morgan fingerprint density at radius 1 is 1.11 bits per heavy atom. The average molecular weight is 249 g/mol. The van der Waals surface area contributed by atoms with Crippen molar-refractivity contribution in [3.63, 3.8) is 0 Å². The van der Waals surface area contributed by atoms with Crippen molar-refractivity contribution in [2.24, 2.45) is 0 Å². The molecule has 0 fully saturated rings. The Balaban J connectivity index is 2.69. The van der Waals surface area contributed by atoms with E-state index >= 15 is 0 Å². The number of anilines is 1. The Kier molecular flexibility index (Phi) is 4.42. The van der Waals surface area contributed by atoms with Crippen molar-refractivity contribution in [1.29, 1.82) is 0 Å². The molecule has 0 aliphatic rings. The van der Waals surface area contributed by atoms with Gasteiger partial charge in [-0.1, -0.05) is 12.1 Å². The maximum atomic E-state index is 11.7. The van der Waals surface area contributed by atoms with Crippen LogP contribution in [0.5, 0.6) is 0 Å². The van der Waals surface area contributed by atoms with Crippen LogP contribution in [-0.2, 0) is 9.59 Å². The highest BCUT2D eigenvalue weighted by Crippen LogP contribution is 2.09. The largest absolute Gasteiger partial charge is 0.398 e. The summed E-state index contributed by atoms with van der Waals surface area (Å²) in [5.41, 5.74) is 5.98. The van der Waals surface area contributed by atoms with Crippen molar-refractivity contribution in [2.75, 3.05) is 5.73 Å². The van der Waals surface area contributed by atoms with Crippen LogP contribution in [0.15, 0.2) is 24.3 Å². The number of amides is 3. The lowest BCUT2D eigenvalue weighted by atomic mass is 10.1. The fourth-order valence-corrected chi connectivity index (χ4v) is 1.26. The highest BCUT2D eigenvalue weighted by molar-refractivity contribution is 6.38. The first-order valence-corrected chi connectivity index (χ1v) is 5.42. The van der Waals surface area contributed by atoms with E-state index in [2.05, 4.69) is 5.32 Å². The average Bonchev–Trinajstić information content (AvgIpc) is 2.28. The normalized spacial score (nSPS) is 9.94. The Morgan fingerprint density at radius 3 is 2.28 bits per heavy atom. The maximum absolute atomic E-state index is 11.7. The van der Waals surface area contributed by atoms with Gasteiger partial charge >= 0.3 is 11.8 Å². The minimum absolute atomic E-state index is 0.156. The van der Waals surface area contributed by atoms with Crippen molar-refractivity contribution in [3.8, 4) is 0 Å². The maximum Gasteiger partial charge on any atom is 0.316 e. The Hall–Kier alpha value is -2.37. The smallest absolute Gasteiger partial charge is 0.316 e. The van der Waals surface area contributed by atoms with E-state index in [4.69, 9.17) is 5.73 Å². The summed E-state index contributed by atoms with van der Waals surface area (Å²) in [4.78, 5) is 34.4. The van der Waals surface area contributed by atoms with Crippen LogP contribution in [-0.4, -0.2) is 23.8 Å². The Morgan fingerprint density at radius 2 is 1.72 bits per heavy atom. The van der Waals surface area contributed by atoms with Crippen LogP contribution < -0.4 is 16.4 Å². The quantitative estimate of drug-likeness (QED) is 0.509. The van der Waals surface area contributed by atoms with Gasteiger partial charge in [0.2, 0.25) is 0 Å². The summed E-state index contributed by atoms with van der Waals surface area (Å²) < 4.78 is 0. The van der Waals surface area contributed by atoms with Crippen molar-refractivity contribution in [2.45, 2.75) is 19.9 Å². The number of nitrogens with one attached hydrogen (secondary N) is 2. The molecular formula is C12H15N3O3. The van der Waals surface area contributed by atoms with Gasteiger partial charge in [-0.05, 0) is 26.0 Å². The minimum atomic E-state index is -1.00. The van der Waals surface area contributed by atoms with Gasteiger partial charge in [0.15, 0.2) is 0 Å². The topological polar surface area (TPSA) is 101 Å². The molecule has 4 N–H and O–H groups in total. The van der Waals surface area contributed by atoms with E-state index in [-0.39, 0.29) is 17.3 Å². The molecule has 0 bridgehead atoms. The van der Waals surface area contributed by atoms with E-state index in [1.165, 1.54) is 12.1 Å². The number of hydrogen-bond donors (Lipinski definition) is 3. The third-order valence-electron chi connectivity index (χ3n) is 2.06. The summed E-state index contributed by atoms with van der Waals surface area (Å²) in [5, 5.41) is 4.35. The van der Waals surface area contributed by atoms with Crippen LogP contribution in [0.1, 0.15) is 24.2 Å². The minimum Gasteiger partial charge on any atom is -0.398 e. The molecule has 96 valence electrons. The monoisotopic (exact) mass is 249 g/mol. The summed E-state index contributed by atoms with van der Waals surface area (Å²) in [6.45, 7) is 3.42. The highest BCUT2D eigenvalue weighted by Gasteiger charge is 2.19. The summed E-state index contributed by atoms with van der Waals surface area (Å²) >= 11 is 0. The lowest BCUT2D eigenvalue weighted by Crippen LogP contribution is -2.45. The fraction of sp³-hybridized carbons (Fsp3) is 0.250. The van der Waals surface area contributed by atoms with Crippen LogP contribution in [0.25, 0.3) is 0 Å².